The van der Waals surface area contributed by atoms with Crippen LogP contribution in [-0.4, -0.2) is 77.2 Å². The third-order valence-corrected chi connectivity index (χ3v) is 9.70. The average molecular weight is 644 g/mol. The molecule has 0 unspecified atom stereocenters. The molecule has 3 heterocycles. The quantitative estimate of drug-likeness (QED) is 0.236. The van der Waals surface area contributed by atoms with Gasteiger partial charge in [0.2, 0.25) is 11.8 Å². The highest BCUT2D eigenvalue weighted by Crippen LogP contribution is 2.60. The molecule has 10 heteroatoms. The van der Waals surface area contributed by atoms with Gasteiger partial charge in [-0.2, -0.15) is 0 Å². The number of likely N-dealkylation sites (tertiary alicyclic amines) is 1. The van der Waals surface area contributed by atoms with E-state index in [0.717, 1.165) is 16.8 Å². The van der Waals surface area contributed by atoms with Crippen molar-refractivity contribution >= 4 is 29.4 Å². The number of para-hydroxylation sites is 1. The normalized spacial score (nSPS) is 25.5. The maximum absolute atomic E-state index is 15.0. The van der Waals surface area contributed by atoms with Gasteiger partial charge in [0.15, 0.2) is 0 Å². The van der Waals surface area contributed by atoms with Gasteiger partial charge in [-0.25, -0.2) is 0 Å². The molecule has 0 radical (unpaired) electrons. The van der Waals surface area contributed by atoms with E-state index in [0.29, 0.717) is 24.8 Å². The summed E-state index contributed by atoms with van der Waals surface area (Å²) >= 11 is 0. The van der Waals surface area contributed by atoms with E-state index in [1.54, 1.807) is 24.0 Å². The monoisotopic (exact) mass is 643 g/mol. The number of ether oxygens (including phenoxy) is 2. The molecule has 0 aromatic heterocycles. The van der Waals surface area contributed by atoms with Crippen LogP contribution in [0, 0.1) is 25.7 Å². The Hall–Kier alpha value is -4.28. The highest BCUT2D eigenvalue weighted by molar-refractivity contribution is 6.05. The summed E-state index contributed by atoms with van der Waals surface area (Å²) in [5.74, 6) is -3.51. The maximum atomic E-state index is 15.0. The van der Waals surface area contributed by atoms with Crippen LogP contribution in [0.5, 0.6) is 0 Å². The van der Waals surface area contributed by atoms with E-state index >= 15 is 4.79 Å². The van der Waals surface area contributed by atoms with Crippen molar-refractivity contribution in [2.24, 2.45) is 11.8 Å². The second-order valence-corrected chi connectivity index (χ2v) is 12.8. The summed E-state index contributed by atoms with van der Waals surface area (Å²) in [5, 5.41) is 13.5. The fourth-order valence-corrected chi connectivity index (χ4v) is 7.70. The molecule has 0 saturated carbocycles. The summed E-state index contributed by atoms with van der Waals surface area (Å²) in [6.45, 7) is 12.9. The minimum absolute atomic E-state index is 0.115. The SMILES string of the molecule is C=CCCC(=O)NC[C@H](C)OC(=O)[C@@H]1[C@H]2C(=O)N([C@H](CO)c3ccccc3)[C@H](C(=O)N(CC=C)c3c(C)cccc3C)[C@]23CC[C@H]1O3. The zero-order valence-electron chi connectivity index (χ0n) is 27.4. The average Bonchev–Trinajstić information content (AvgIpc) is 3.70. The van der Waals surface area contributed by atoms with E-state index in [1.165, 1.54) is 4.90 Å². The molecular formula is C37H45N3O7. The third kappa shape index (κ3) is 6.24. The lowest BCUT2D eigenvalue weighted by atomic mass is 9.70. The molecule has 250 valence electrons. The molecule has 2 bridgehead atoms. The Balaban J connectivity index is 1.52. The Labute approximate surface area is 276 Å². The van der Waals surface area contributed by atoms with E-state index in [4.69, 9.17) is 9.47 Å². The molecule has 47 heavy (non-hydrogen) atoms. The standard InChI is InChI=1S/C37H45N3O7/c1-6-8-17-29(42)38-21-25(5)46-36(45)30-28-18-19-37(47-28)31(30)34(43)40(27(22-41)26-15-10-9-11-16-26)33(37)35(44)39(20-7-2)32-23(3)13-12-14-24(32)4/h6-7,9-16,25,27-28,30-31,33,41H,1-2,8,17-22H2,3-5H3,(H,38,42)/t25-,27+,28+,30-,31-,33+,37-/m0/s1. The number of fused-ring (bicyclic) bond motifs is 1. The molecule has 5 rings (SSSR count). The molecule has 10 nitrogen and oxygen atoms in total. The summed E-state index contributed by atoms with van der Waals surface area (Å²) in [4.78, 5) is 58.7. The van der Waals surface area contributed by atoms with Crippen LogP contribution in [0.15, 0.2) is 73.8 Å². The number of allylic oxidation sites excluding steroid dienone is 1. The van der Waals surface area contributed by atoms with Crippen molar-refractivity contribution in [3.05, 3.63) is 90.5 Å². The van der Waals surface area contributed by atoms with E-state index < -0.39 is 60.2 Å². The number of amides is 3. The Morgan fingerprint density at radius 3 is 2.47 bits per heavy atom. The Kier molecular flexibility index (Phi) is 10.3. The first-order valence-electron chi connectivity index (χ1n) is 16.3. The van der Waals surface area contributed by atoms with Gasteiger partial charge < -0.3 is 29.7 Å². The van der Waals surface area contributed by atoms with Crippen molar-refractivity contribution in [2.45, 2.75) is 76.3 Å². The zero-order chi connectivity index (χ0) is 33.9. The molecule has 3 aliphatic heterocycles. The second kappa shape index (κ2) is 14.2. The molecule has 3 saturated heterocycles. The number of rotatable bonds is 14. The summed E-state index contributed by atoms with van der Waals surface area (Å²) in [5.41, 5.74) is 1.85. The topological polar surface area (TPSA) is 125 Å². The maximum Gasteiger partial charge on any atom is 0.312 e. The molecule has 1 spiro atoms. The van der Waals surface area contributed by atoms with E-state index in [-0.39, 0.29) is 31.3 Å². The van der Waals surface area contributed by atoms with Crippen LogP contribution in [0.2, 0.25) is 0 Å². The molecule has 3 amide bonds. The van der Waals surface area contributed by atoms with Gasteiger partial charge in [-0.3, -0.25) is 19.2 Å². The summed E-state index contributed by atoms with van der Waals surface area (Å²) < 4.78 is 12.4. The minimum atomic E-state index is -1.30. The first-order chi connectivity index (χ1) is 22.6. The third-order valence-electron chi connectivity index (χ3n) is 9.70. The van der Waals surface area contributed by atoms with E-state index in [2.05, 4.69) is 18.5 Å². The first-order valence-corrected chi connectivity index (χ1v) is 16.3. The number of esters is 1. The van der Waals surface area contributed by atoms with Crippen molar-refractivity contribution < 1.29 is 33.8 Å². The molecule has 3 aliphatic rings. The Morgan fingerprint density at radius 1 is 1.13 bits per heavy atom. The number of nitrogens with zero attached hydrogens (tertiary/aromatic N) is 2. The van der Waals surface area contributed by atoms with Crippen LogP contribution in [0.25, 0.3) is 0 Å². The smallest absolute Gasteiger partial charge is 0.312 e. The van der Waals surface area contributed by atoms with Gasteiger partial charge in [-0.1, -0.05) is 60.7 Å². The van der Waals surface area contributed by atoms with Crippen LogP contribution >= 0.6 is 0 Å². The highest BCUT2D eigenvalue weighted by atomic mass is 16.6. The number of carbonyl (C=O) groups excluding carboxylic acids is 4. The van der Waals surface area contributed by atoms with Gasteiger partial charge in [-0.15, -0.1) is 13.2 Å². The molecule has 2 aromatic rings. The predicted octanol–water partition coefficient (Wildman–Crippen LogP) is 3.94. The van der Waals surface area contributed by atoms with E-state index in [1.807, 2.05) is 62.4 Å². The Bertz CT molecular complexity index is 1510. The molecule has 2 aromatic carbocycles. The minimum Gasteiger partial charge on any atom is -0.460 e. The summed E-state index contributed by atoms with van der Waals surface area (Å²) in [6.07, 6.45) is 3.71. The highest BCUT2D eigenvalue weighted by Gasteiger charge is 2.76. The number of aliphatic hydroxyl groups is 1. The van der Waals surface area contributed by atoms with Gasteiger partial charge >= 0.3 is 5.97 Å². The van der Waals surface area contributed by atoms with Gasteiger partial charge in [0.25, 0.3) is 5.91 Å². The summed E-state index contributed by atoms with van der Waals surface area (Å²) in [7, 11) is 0. The first kappa shape index (κ1) is 34.1. The number of nitrogens with one attached hydrogen (secondary N) is 1. The Morgan fingerprint density at radius 2 is 1.83 bits per heavy atom. The van der Waals surface area contributed by atoms with Gasteiger partial charge in [0.05, 0.1) is 37.1 Å². The van der Waals surface area contributed by atoms with Crippen molar-refractivity contribution in [1.82, 2.24) is 10.2 Å². The van der Waals surface area contributed by atoms with Gasteiger partial charge in [-0.05, 0) is 56.7 Å². The molecule has 0 aliphatic carbocycles. The largest absolute Gasteiger partial charge is 0.460 e. The van der Waals surface area contributed by atoms with Gasteiger partial charge in [0, 0.05) is 18.7 Å². The fourth-order valence-electron chi connectivity index (χ4n) is 7.70. The van der Waals surface area contributed by atoms with Crippen molar-refractivity contribution in [2.75, 3.05) is 24.6 Å². The predicted molar refractivity (Wildman–Crippen MR) is 177 cm³/mol. The number of aliphatic hydroxyl groups excluding tert-OH is 1. The fraction of sp³-hybridized carbons (Fsp3) is 0.459. The molecule has 7 atom stereocenters. The summed E-state index contributed by atoms with van der Waals surface area (Å²) in [6, 6.07) is 12.9. The molecule has 3 fully saturated rings. The van der Waals surface area contributed by atoms with Crippen molar-refractivity contribution in [3.63, 3.8) is 0 Å². The van der Waals surface area contributed by atoms with Crippen LogP contribution in [0.1, 0.15) is 55.3 Å². The number of benzene rings is 2. The number of carbonyl (C=O) groups is 4. The number of aryl methyl sites for hydroxylation is 2. The van der Waals surface area contributed by atoms with Gasteiger partial charge in [0.1, 0.15) is 17.7 Å². The number of anilines is 1. The van der Waals surface area contributed by atoms with Crippen LogP contribution < -0.4 is 10.2 Å². The second-order valence-electron chi connectivity index (χ2n) is 12.8. The number of hydrogen-bond donors (Lipinski definition) is 2. The molecule has 2 N–H and O–H groups in total. The lowest BCUT2D eigenvalue weighted by Crippen LogP contribution is -2.57. The zero-order valence-corrected chi connectivity index (χ0v) is 27.4. The van der Waals surface area contributed by atoms with Crippen molar-refractivity contribution in [3.8, 4) is 0 Å². The lowest BCUT2D eigenvalue weighted by molar-refractivity contribution is -0.159. The van der Waals surface area contributed by atoms with Crippen LogP contribution in [0.4, 0.5) is 5.69 Å². The lowest BCUT2D eigenvalue weighted by Gasteiger charge is -2.40. The molecular weight excluding hydrogens is 598 g/mol. The van der Waals surface area contributed by atoms with Crippen molar-refractivity contribution in [1.29, 1.82) is 0 Å². The number of hydrogen-bond acceptors (Lipinski definition) is 7. The van der Waals surface area contributed by atoms with E-state index in [9.17, 15) is 19.5 Å². The van der Waals surface area contributed by atoms with Crippen LogP contribution in [-0.2, 0) is 28.7 Å². The van der Waals surface area contributed by atoms with Crippen LogP contribution in [0.3, 0.4) is 0 Å².